The topological polar surface area (TPSA) is 142 Å². The fraction of sp³-hybridized carbons (Fsp3) is 0.591. The molecule has 1 saturated heterocycles. The Morgan fingerprint density at radius 1 is 1.25 bits per heavy atom. The van der Waals surface area contributed by atoms with Gasteiger partial charge in [0, 0.05) is 38.5 Å². The maximum atomic E-state index is 12.4. The zero-order valence-electron chi connectivity index (χ0n) is 19.1. The molecule has 1 heterocycles. The van der Waals surface area contributed by atoms with Crippen LogP contribution in [0.5, 0.6) is 5.75 Å². The van der Waals surface area contributed by atoms with Crippen molar-refractivity contribution < 1.29 is 29.3 Å². The molecule has 1 unspecified atom stereocenters. The SMILES string of the molecule is CC(=O)O.CC(=O)O.CC1CCCN(CCNC(=O)c2ccc(Cl)cc2OCCCN)C1. The number of amides is 1. The van der Waals surface area contributed by atoms with E-state index in [1.807, 2.05) is 0 Å². The number of nitrogens with zero attached hydrogens (tertiary/aromatic N) is 1. The van der Waals surface area contributed by atoms with Crippen LogP contribution in [-0.4, -0.2) is 72.3 Å². The van der Waals surface area contributed by atoms with E-state index in [-0.39, 0.29) is 5.91 Å². The molecule has 1 aliphatic rings. The smallest absolute Gasteiger partial charge is 0.300 e. The summed E-state index contributed by atoms with van der Waals surface area (Å²) in [5, 5.41) is 18.4. The molecule has 2 rings (SSSR count). The number of hydrogen-bond donors (Lipinski definition) is 4. The fourth-order valence-electron chi connectivity index (χ4n) is 2.98. The van der Waals surface area contributed by atoms with E-state index in [1.165, 1.54) is 12.8 Å². The first kappa shape index (κ1) is 29.6. The van der Waals surface area contributed by atoms with Crippen LogP contribution in [0.25, 0.3) is 0 Å². The molecule has 0 aromatic heterocycles. The molecule has 0 spiro atoms. The molecule has 5 N–H and O–H groups in total. The quantitative estimate of drug-likeness (QED) is 0.422. The van der Waals surface area contributed by atoms with E-state index in [4.69, 9.17) is 41.9 Å². The zero-order chi connectivity index (χ0) is 24.5. The van der Waals surface area contributed by atoms with Crippen molar-refractivity contribution in [1.29, 1.82) is 0 Å². The van der Waals surface area contributed by atoms with Crippen LogP contribution in [0.4, 0.5) is 0 Å². The molecular formula is C22H36ClN3O6. The van der Waals surface area contributed by atoms with Crippen molar-refractivity contribution in [2.75, 3.05) is 39.3 Å². The molecule has 1 aliphatic heterocycles. The Labute approximate surface area is 194 Å². The Morgan fingerprint density at radius 2 is 1.88 bits per heavy atom. The summed E-state index contributed by atoms with van der Waals surface area (Å²) >= 11 is 6.01. The molecule has 0 saturated carbocycles. The highest BCUT2D eigenvalue weighted by Crippen LogP contribution is 2.23. The highest BCUT2D eigenvalue weighted by Gasteiger charge is 2.17. The van der Waals surface area contributed by atoms with Gasteiger partial charge >= 0.3 is 0 Å². The van der Waals surface area contributed by atoms with Crippen LogP contribution in [0.1, 0.15) is 50.4 Å². The molecule has 1 fully saturated rings. The second-order valence-electron chi connectivity index (χ2n) is 7.47. The standard InChI is InChI=1S/C18H28ClN3O2.2C2H4O2/c1-14-4-2-9-22(13-14)10-8-21-18(23)16-6-5-15(19)12-17(16)24-11-3-7-20;2*1-2(3)4/h5-6,12,14H,2-4,7-11,13,20H2,1H3,(H,21,23);2*1H3,(H,3,4). The van der Waals surface area contributed by atoms with Crippen LogP contribution in [-0.2, 0) is 9.59 Å². The maximum Gasteiger partial charge on any atom is 0.300 e. The van der Waals surface area contributed by atoms with E-state index in [2.05, 4.69) is 17.1 Å². The molecule has 0 bridgehead atoms. The number of aliphatic carboxylic acids is 2. The normalized spacial score (nSPS) is 15.3. The average Bonchev–Trinajstić information content (AvgIpc) is 2.67. The van der Waals surface area contributed by atoms with Crippen molar-refractivity contribution >= 4 is 29.4 Å². The number of ether oxygens (including phenoxy) is 1. The lowest BCUT2D eigenvalue weighted by atomic mass is 10.0. The van der Waals surface area contributed by atoms with Gasteiger partial charge in [0.15, 0.2) is 0 Å². The van der Waals surface area contributed by atoms with Crippen LogP contribution in [0, 0.1) is 5.92 Å². The van der Waals surface area contributed by atoms with Crippen LogP contribution in [0.3, 0.4) is 0 Å². The lowest BCUT2D eigenvalue weighted by molar-refractivity contribution is -0.135. The molecule has 182 valence electrons. The number of carbonyl (C=O) groups is 3. The summed E-state index contributed by atoms with van der Waals surface area (Å²) in [5.74, 6) is -0.534. The molecule has 1 aromatic rings. The minimum absolute atomic E-state index is 0.125. The first-order valence-corrected chi connectivity index (χ1v) is 11.0. The number of rotatable bonds is 8. The number of halogens is 1. The molecule has 9 nitrogen and oxygen atoms in total. The van der Waals surface area contributed by atoms with Gasteiger partial charge in [0.05, 0.1) is 12.2 Å². The van der Waals surface area contributed by atoms with Gasteiger partial charge in [-0.25, -0.2) is 0 Å². The van der Waals surface area contributed by atoms with E-state index < -0.39 is 11.9 Å². The maximum absolute atomic E-state index is 12.4. The van der Waals surface area contributed by atoms with Crippen molar-refractivity contribution in [2.45, 2.75) is 40.0 Å². The first-order chi connectivity index (χ1) is 15.1. The summed E-state index contributed by atoms with van der Waals surface area (Å²) in [7, 11) is 0. The Kier molecular flexibility index (Phi) is 16.0. The van der Waals surface area contributed by atoms with E-state index in [9.17, 15) is 4.79 Å². The molecule has 10 heteroatoms. The van der Waals surface area contributed by atoms with E-state index in [0.717, 1.165) is 45.8 Å². The summed E-state index contributed by atoms with van der Waals surface area (Å²) in [6, 6.07) is 5.09. The number of hydrogen-bond acceptors (Lipinski definition) is 6. The van der Waals surface area contributed by atoms with Gasteiger partial charge in [-0.05, 0) is 56.5 Å². The third kappa shape index (κ3) is 15.4. The summed E-state index contributed by atoms with van der Waals surface area (Å²) in [6.45, 7) is 9.23. The minimum Gasteiger partial charge on any atom is -0.493 e. The number of nitrogens with two attached hydrogens (primary N) is 1. The number of carbonyl (C=O) groups excluding carboxylic acids is 1. The molecule has 0 radical (unpaired) electrons. The van der Waals surface area contributed by atoms with Gasteiger partial charge in [0.1, 0.15) is 5.75 Å². The summed E-state index contributed by atoms with van der Waals surface area (Å²) < 4.78 is 5.65. The van der Waals surface area contributed by atoms with Crippen LogP contribution < -0.4 is 15.8 Å². The number of carboxylic acid groups (broad SMARTS) is 2. The predicted octanol–water partition coefficient (Wildman–Crippen LogP) is 2.71. The van der Waals surface area contributed by atoms with E-state index in [0.29, 0.717) is 36.0 Å². The van der Waals surface area contributed by atoms with E-state index in [1.54, 1.807) is 18.2 Å². The average molecular weight is 474 g/mol. The third-order valence-corrected chi connectivity index (χ3v) is 4.48. The van der Waals surface area contributed by atoms with E-state index >= 15 is 0 Å². The highest BCUT2D eigenvalue weighted by molar-refractivity contribution is 6.30. The van der Waals surface area contributed by atoms with Gasteiger partial charge in [0.25, 0.3) is 17.8 Å². The molecule has 1 amide bonds. The Balaban J connectivity index is 0.00000104. The Morgan fingerprint density at radius 3 is 2.44 bits per heavy atom. The summed E-state index contributed by atoms with van der Waals surface area (Å²) in [6.07, 6.45) is 3.28. The number of benzene rings is 1. The second-order valence-corrected chi connectivity index (χ2v) is 7.91. The number of likely N-dealkylation sites (tertiary alicyclic amines) is 1. The van der Waals surface area contributed by atoms with Gasteiger partial charge in [-0.2, -0.15) is 0 Å². The second kappa shape index (κ2) is 17.2. The largest absolute Gasteiger partial charge is 0.493 e. The molecule has 1 aromatic carbocycles. The Hall–Kier alpha value is -2.36. The van der Waals surface area contributed by atoms with Crippen LogP contribution >= 0.6 is 11.6 Å². The number of nitrogens with one attached hydrogen (secondary N) is 1. The van der Waals surface area contributed by atoms with Gasteiger partial charge in [-0.3, -0.25) is 14.4 Å². The third-order valence-electron chi connectivity index (χ3n) is 4.25. The molecule has 1 atom stereocenters. The Bertz CT molecular complexity index is 697. The van der Waals surface area contributed by atoms with Crippen molar-refractivity contribution in [3.63, 3.8) is 0 Å². The summed E-state index contributed by atoms with van der Waals surface area (Å²) in [5.41, 5.74) is 5.99. The van der Waals surface area contributed by atoms with Crippen molar-refractivity contribution in [3.05, 3.63) is 28.8 Å². The van der Waals surface area contributed by atoms with Crippen molar-refractivity contribution in [1.82, 2.24) is 10.2 Å². The first-order valence-electron chi connectivity index (χ1n) is 10.6. The lowest BCUT2D eigenvalue weighted by Crippen LogP contribution is -2.40. The van der Waals surface area contributed by atoms with Crippen molar-refractivity contribution in [2.24, 2.45) is 11.7 Å². The van der Waals surface area contributed by atoms with Gasteiger partial charge < -0.3 is 30.9 Å². The van der Waals surface area contributed by atoms with Crippen LogP contribution in [0.15, 0.2) is 18.2 Å². The predicted molar refractivity (Wildman–Crippen MR) is 124 cm³/mol. The van der Waals surface area contributed by atoms with Crippen LogP contribution in [0.2, 0.25) is 5.02 Å². The number of carboxylic acids is 2. The molecule has 32 heavy (non-hydrogen) atoms. The monoisotopic (exact) mass is 473 g/mol. The van der Waals surface area contributed by atoms with Crippen molar-refractivity contribution in [3.8, 4) is 5.75 Å². The molecule has 0 aliphatic carbocycles. The highest BCUT2D eigenvalue weighted by atomic mass is 35.5. The minimum atomic E-state index is -0.833. The lowest BCUT2D eigenvalue weighted by Gasteiger charge is -2.30. The van der Waals surface area contributed by atoms with Gasteiger partial charge in [0.2, 0.25) is 0 Å². The van der Waals surface area contributed by atoms with Gasteiger partial charge in [-0.15, -0.1) is 0 Å². The molecular weight excluding hydrogens is 438 g/mol. The zero-order valence-corrected chi connectivity index (χ0v) is 19.9. The number of piperidine rings is 1. The fourth-order valence-corrected chi connectivity index (χ4v) is 3.14. The van der Waals surface area contributed by atoms with Gasteiger partial charge in [-0.1, -0.05) is 18.5 Å². The summed E-state index contributed by atoms with van der Waals surface area (Å²) in [4.78, 5) is 32.8.